The molecule has 29 heavy (non-hydrogen) atoms. The summed E-state index contributed by atoms with van der Waals surface area (Å²) in [6.07, 6.45) is 4.39. The fraction of sp³-hybridized carbons (Fsp3) is 0.130. The van der Waals surface area contributed by atoms with Crippen LogP contribution in [0, 0.1) is 18.8 Å². The number of hydrogen-bond acceptors (Lipinski definition) is 4. The summed E-state index contributed by atoms with van der Waals surface area (Å²) in [4.78, 5) is 17.1. The minimum Gasteiger partial charge on any atom is -0.497 e. The van der Waals surface area contributed by atoms with Crippen LogP contribution in [0.15, 0.2) is 76.2 Å². The van der Waals surface area contributed by atoms with Gasteiger partial charge in [-0.25, -0.2) is 4.21 Å². The predicted octanol–water partition coefficient (Wildman–Crippen LogP) is 4.10. The maximum absolute atomic E-state index is 13.0. The molecule has 146 valence electrons. The van der Waals surface area contributed by atoms with Gasteiger partial charge in [-0.15, -0.1) is 0 Å². The van der Waals surface area contributed by atoms with Crippen molar-refractivity contribution in [2.24, 2.45) is 4.36 Å². The van der Waals surface area contributed by atoms with Gasteiger partial charge in [0.25, 0.3) is 5.91 Å². The molecule has 5 nitrogen and oxygen atoms in total. The highest BCUT2D eigenvalue weighted by molar-refractivity contribution is 7.93. The molecule has 0 N–H and O–H groups in total. The van der Waals surface area contributed by atoms with Gasteiger partial charge in [0.15, 0.2) is 0 Å². The van der Waals surface area contributed by atoms with Crippen LogP contribution in [0.2, 0.25) is 0 Å². The van der Waals surface area contributed by atoms with Crippen LogP contribution in [0.25, 0.3) is 0 Å². The van der Waals surface area contributed by atoms with E-state index in [4.69, 9.17) is 4.74 Å². The number of aromatic nitrogens is 1. The van der Waals surface area contributed by atoms with Crippen LogP contribution in [-0.2, 0) is 9.73 Å². The predicted molar refractivity (Wildman–Crippen MR) is 113 cm³/mol. The third kappa shape index (κ3) is 5.31. The average molecular weight is 404 g/mol. The van der Waals surface area contributed by atoms with E-state index in [1.807, 2.05) is 31.2 Å². The van der Waals surface area contributed by atoms with Crippen LogP contribution in [0.3, 0.4) is 0 Å². The van der Waals surface area contributed by atoms with Gasteiger partial charge in [0.2, 0.25) is 0 Å². The van der Waals surface area contributed by atoms with Crippen molar-refractivity contribution in [1.29, 1.82) is 0 Å². The molecule has 0 bridgehead atoms. The summed E-state index contributed by atoms with van der Waals surface area (Å²) in [6, 6.07) is 16.1. The summed E-state index contributed by atoms with van der Waals surface area (Å²) in [5.74, 6) is 6.00. The van der Waals surface area contributed by atoms with E-state index in [2.05, 4.69) is 21.2 Å². The largest absolute Gasteiger partial charge is 0.497 e. The van der Waals surface area contributed by atoms with Crippen molar-refractivity contribution in [3.05, 3.63) is 89.2 Å². The second-order valence-electron chi connectivity index (χ2n) is 6.46. The molecule has 1 unspecified atom stereocenters. The molecule has 1 heterocycles. The molecule has 1 atom stereocenters. The third-order valence-electron chi connectivity index (χ3n) is 4.09. The highest BCUT2D eigenvalue weighted by atomic mass is 32.2. The zero-order valence-corrected chi connectivity index (χ0v) is 17.2. The maximum Gasteiger partial charge on any atom is 0.286 e. The Kier molecular flexibility index (Phi) is 6.10. The van der Waals surface area contributed by atoms with Gasteiger partial charge < -0.3 is 4.74 Å². The number of carbonyl (C=O) groups is 1. The van der Waals surface area contributed by atoms with E-state index in [1.54, 1.807) is 36.5 Å². The molecule has 0 fully saturated rings. The van der Waals surface area contributed by atoms with E-state index in [0.717, 1.165) is 11.1 Å². The molecule has 0 spiro atoms. The average Bonchev–Trinajstić information content (AvgIpc) is 2.72. The van der Waals surface area contributed by atoms with Crippen molar-refractivity contribution >= 4 is 15.6 Å². The number of aryl methyl sites for hydroxylation is 1. The van der Waals surface area contributed by atoms with Crippen LogP contribution in [-0.4, -0.2) is 28.5 Å². The second kappa shape index (κ2) is 8.72. The highest BCUT2D eigenvalue weighted by Gasteiger charge is 2.13. The lowest BCUT2D eigenvalue weighted by Crippen LogP contribution is -2.05. The van der Waals surface area contributed by atoms with Crippen molar-refractivity contribution in [3.63, 3.8) is 0 Å². The Morgan fingerprint density at radius 2 is 1.79 bits per heavy atom. The Balaban J connectivity index is 1.89. The van der Waals surface area contributed by atoms with Gasteiger partial charge in [-0.2, -0.15) is 4.36 Å². The number of carbonyl (C=O) groups excluding carboxylic acids is 1. The van der Waals surface area contributed by atoms with Crippen molar-refractivity contribution in [2.45, 2.75) is 11.8 Å². The molecule has 3 aromatic rings. The van der Waals surface area contributed by atoms with Gasteiger partial charge in [-0.3, -0.25) is 9.78 Å². The Hall–Kier alpha value is -3.43. The van der Waals surface area contributed by atoms with E-state index in [1.165, 1.54) is 19.6 Å². The number of pyridine rings is 1. The first-order valence-electron chi connectivity index (χ1n) is 8.82. The number of benzene rings is 2. The Morgan fingerprint density at radius 1 is 1.03 bits per heavy atom. The van der Waals surface area contributed by atoms with Gasteiger partial charge in [0, 0.05) is 29.8 Å². The number of rotatable bonds is 3. The lowest BCUT2D eigenvalue weighted by atomic mass is 10.1. The number of ether oxygens (including phenoxy) is 1. The fourth-order valence-electron chi connectivity index (χ4n) is 2.59. The standard InChI is InChI=1S/C23H20N2O3S/c1-17-6-4-7-18(12-17)10-11-19-13-20(16-24-15-19)23(26)25-29(3,27)22-9-5-8-21(14-22)28-2/h4-9,12-16H,1-3H3. The van der Waals surface area contributed by atoms with Gasteiger partial charge in [-0.1, -0.05) is 30.0 Å². The summed E-state index contributed by atoms with van der Waals surface area (Å²) in [5.41, 5.74) is 2.81. The molecule has 3 rings (SSSR count). The topological polar surface area (TPSA) is 68.6 Å². The van der Waals surface area contributed by atoms with Crippen LogP contribution < -0.4 is 4.74 Å². The number of methoxy groups -OCH3 is 1. The molecular weight excluding hydrogens is 384 g/mol. The minimum atomic E-state index is -2.93. The summed E-state index contributed by atoms with van der Waals surface area (Å²) >= 11 is 0. The minimum absolute atomic E-state index is 0.235. The molecule has 0 saturated heterocycles. The molecule has 0 radical (unpaired) electrons. The molecule has 0 aliphatic heterocycles. The van der Waals surface area contributed by atoms with Crippen LogP contribution in [0.5, 0.6) is 5.75 Å². The molecule has 0 aliphatic carbocycles. The highest BCUT2D eigenvalue weighted by Crippen LogP contribution is 2.19. The van der Waals surface area contributed by atoms with Gasteiger partial charge in [0.05, 0.1) is 27.3 Å². The maximum atomic E-state index is 13.0. The molecule has 1 amide bonds. The summed E-state index contributed by atoms with van der Waals surface area (Å²) in [7, 11) is -1.41. The fourth-order valence-corrected chi connectivity index (χ4v) is 3.79. The van der Waals surface area contributed by atoms with E-state index in [9.17, 15) is 9.00 Å². The van der Waals surface area contributed by atoms with Crippen LogP contribution >= 0.6 is 0 Å². The van der Waals surface area contributed by atoms with E-state index in [0.29, 0.717) is 16.2 Å². The summed E-state index contributed by atoms with van der Waals surface area (Å²) < 4.78 is 22.1. The quantitative estimate of drug-likeness (QED) is 0.617. The number of hydrogen-bond donors (Lipinski definition) is 0. The van der Waals surface area contributed by atoms with Crippen LogP contribution in [0.1, 0.15) is 27.0 Å². The van der Waals surface area contributed by atoms with Gasteiger partial charge in [0.1, 0.15) is 5.75 Å². The summed E-state index contributed by atoms with van der Waals surface area (Å²) in [5, 5.41) is 0. The lowest BCUT2D eigenvalue weighted by Gasteiger charge is -2.06. The number of nitrogens with zero attached hydrogens (tertiary/aromatic N) is 2. The summed E-state index contributed by atoms with van der Waals surface area (Å²) in [6.45, 7) is 2.00. The Labute approximate surface area is 171 Å². The van der Waals surface area contributed by atoms with E-state index in [-0.39, 0.29) is 5.56 Å². The van der Waals surface area contributed by atoms with Crippen LogP contribution in [0.4, 0.5) is 0 Å². The normalized spacial score (nSPS) is 12.2. The first kappa shape index (κ1) is 20.3. The van der Waals surface area contributed by atoms with Gasteiger partial charge in [-0.05, 0) is 48.9 Å². The van der Waals surface area contributed by atoms with Crippen molar-refractivity contribution < 1.29 is 13.7 Å². The van der Waals surface area contributed by atoms with Gasteiger partial charge >= 0.3 is 0 Å². The van der Waals surface area contributed by atoms with E-state index < -0.39 is 15.6 Å². The second-order valence-corrected chi connectivity index (χ2v) is 8.72. The van der Waals surface area contributed by atoms with E-state index >= 15 is 0 Å². The SMILES string of the molecule is COc1cccc(S(C)(=O)=NC(=O)c2cncc(C#Cc3cccc(C)c3)c2)c1. The molecule has 2 aromatic carbocycles. The van der Waals surface area contributed by atoms with Crippen molar-refractivity contribution in [3.8, 4) is 17.6 Å². The lowest BCUT2D eigenvalue weighted by molar-refractivity contribution is 0.100. The molecule has 6 heteroatoms. The first-order chi connectivity index (χ1) is 13.9. The Morgan fingerprint density at radius 3 is 2.55 bits per heavy atom. The Bertz CT molecular complexity index is 1250. The smallest absolute Gasteiger partial charge is 0.286 e. The molecule has 0 saturated carbocycles. The molecular formula is C23H20N2O3S. The zero-order valence-electron chi connectivity index (χ0n) is 16.4. The van der Waals surface area contributed by atoms with Crippen molar-refractivity contribution in [1.82, 2.24) is 4.98 Å². The number of amides is 1. The molecule has 1 aromatic heterocycles. The molecule has 0 aliphatic rings. The first-order valence-corrected chi connectivity index (χ1v) is 10.7. The zero-order chi connectivity index (χ0) is 20.9. The third-order valence-corrected chi connectivity index (χ3v) is 5.73. The monoisotopic (exact) mass is 404 g/mol. The van der Waals surface area contributed by atoms with Crippen molar-refractivity contribution in [2.75, 3.05) is 13.4 Å².